The molecule has 10 nitrogen and oxygen atoms in total. The predicted octanol–water partition coefficient (Wildman–Crippen LogP) is 4.05. The summed E-state index contributed by atoms with van der Waals surface area (Å²) in [7, 11) is 1.68. The monoisotopic (exact) mass is 541 g/mol. The highest BCUT2D eigenvalue weighted by Crippen LogP contribution is 2.34. The maximum Gasteiger partial charge on any atom is 0.254 e. The van der Waals surface area contributed by atoms with E-state index in [2.05, 4.69) is 20.3 Å². The quantitative estimate of drug-likeness (QED) is 0.258. The Morgan fingerprint density at radius 1 is 1.23 bits per heavy atom. The molecule has 2 aromatic carbocycles. The summed E-state index contributed by atoms with van der Waals surface area (Å²) >= 11 is 0. The number of nitrogens with zero attached hydrogens (tertiary/aromatic N) is 4. The van der Waals surface area contributed by atoms with E-state index in [1.165, 1.54) is 36.7 Å². The normalized spacial score (nSPS) is 13.6. The van der Waals surface area contributed by atoms with Gasteiger partial charge in [-0.05, 0) is 66.3 Å². The largest absolute Gasteiger partial charge is 0.435 e. The van der Waals surface area contributed by atoms with E-state index in [0.717, 1.165) is 41.6 Å². The highest BCUT2D eigenvalue weighted by molar-refractivity contribution is 6.10. The van der Waals surface area contributed by atoms with Crippen molar-refractivity contribution in [3.63, 3.8) is 0 Å². The number of ether oxygens (including phenoxy) is 1. The second-order valence-corrected chi connectivity index (χ2v) is 9.51. The first-order valence-corrected chi connectivity index (χ1v) is 12.7. The number of rotatable bonds is 10. The summed E-state index contributed by atoms with van der Waals surface area (Å²) in [5.74, 6) is -1.09. The summed E-state index contributed by atoms with van der Waals surface area (Å²) in [5, 5.41) is 2.90. The van der Waals surface area contributed by atoms with Crippen LogP contribution in [0.3, 0.4) is 0 Å². The van der Waals surface area contributed by atoms with Gasteiger partial charge in [0.25, 0.3) is 5.91 Å². The second kappa shape index (κ2) is 11.4. The number of amides is 2. The minimum atomic E-state index is -0.744. The molecule has 11 heteroatoms. The number of carbonyl (C=O) groups is 2. The van der Waals surface area contributed by atoms with Gasteiger partial charge in [0.15, 0.2) is 11.6 Å². The van der Waals surface area contributed by atoms with Crippen LogP contribution < -0.4 is 21.5 Å². The van der Waals surface area contributed by atoms with Crippen LogP contribution in [0.4, 0.5) is 10.3 Å². The summed E-state index contributed by atoms with van der Waals surface area (Å²) in [6.45, 7) is 0.723. The van der Waals surface area contributed by atoms with Gasteiger partial charge in [-0.2, -0.15) is 0 Å². The highest BCUT2D eigenvalue weighted by atomic mass is 19.1. The number of aromatic nitrogens is 3. The maximum absolute atomic E-state index is 14.8. The van der Waals surface area contributed by atoms with Crippen molar-refractivity contribution in [2.75, 3.05) is 12.4 Å². The van der Waals surface area contributed by atoms with Crippen molar-refractivity contribution < 1.29 is 18.7 Å². The van der Waals surface area contributed by atoms with Crippen LogP contribution in [0.25, 0.3) is 16.6 Å². The number of imidazole rings is 1. The van der Waals surface area contributed by atoms with Gasteiger partial charge in [-0.1, -0.05) is 12.1 Å². The van der Waals surface area contributed by atoms with Crippen molar-refractivity contribution in [1.82, 2.24) is 14.5 Å². The number of primary amides is 1. The number of nitrogens with one attached hydrogen (secondary N) is 1. The predicted molar refractivity (Wildman–Crippen MR) is 151 cm³/mol. The number of hydrogen-bond acceptors (Lipinski definition) is 7. The Kier molecular flexibility index (Phi) is 7.54. The van der Waals surface area contributed by atoms with Gasteiger partial charge < -0.3 is 20.8 Å². The molecule has 0 atom stereocenters. The first kappa shape index (κ1) is 26.5. The fourth-order valence-corrected chi connectivity index (χ4v) is 4.35. The van der Waals surface area contributed by atoms with E-state index in [1.54, 1.807) is 19.3 Å². The molecular weight excluding hydrogens is 513 g/mol. The molecule has 1 aliphatic rings. The first-order valence-electron chi connectivity index (χ1n) is 12.7. The number of hydrogen-bond donors (Lipinski definition) is 3. The lowest BCUT2D eigenvalue weighted by molar-refractivity contribution is -0.115. The zero-order chi connectivity index (χ0) is 28.2. The van der Waals surface area contributed by atoms with E-state index in [4.69, 9.17) is 16.2 Å². The molecule has 0 bridgehead atoms. The molecule has 0 unspecified atom stereocenters. The third kappa shape index (κ3) is 5.83. The van der Waals surface area contributed by atoms with Crippen molar-refractivity contribution in [3.8, 4) is 11.6 Å². The number of carbonyl (C=O) groups excluding carboxylic acids is 2. The molecular formula is C29H28FN7O3. The SMILES string of the molecule is CN=CC(=CN)c1ccc2nc(NC(=O)Cc3ccc(Oc4ncccc4C(N)=O)c(F)c3)n(CC3CC3)c2c1. The molecule has 0 aliphatic heterocycles. The van der Waals surface area contributed by atoms with Gasteiger partial charge in [-0.3, -0.25) is 19.9 Å². The van der Waals surface area contributed by atoms with Crippen molar-refractivity contribution in [3.05, 3.63) is 83.4 Å². The Hall–Kier alpha value is -5.06. The van der Waals surface area contributed by atoms with Crippen LogP contribution in [0.1, 0.15) is 34.3 Å². The van der Waals surface area contributed by atoms with Crippen LogP contribution in [-0.2, 0) is 17.8 Å². The lowest BCUT2D eigenvalue weighted by Crippen LogP contribution is -2.18. The Labute approximate surface area is 229 Å². The van der Waals surface area contributed by atoms with E-state index in [0.29, 0.717) is 17.4 Å². The summed E-state index contributed by atoms with van der Waals surface area (Å²) in [6.07, 6.45) is 6.75. The number of aliphatic imine (C=N–C) groups is 1. The molecule has 5 rings (SSSR count). The van der Waals surface area contributed by atoms with Gasteiger partial charge in [-0.15, -0.1) is 0 Å². The molecule has 1 aliphatic carbocycles. The standard InChI is InChI=1S/C29H28FN7O3/c1-33-15-20(14-31)19-7-8-23-24(13-19)37(16-17-4-5-17)29(35-23)36-26(38)12-18-6-9-25(22(30)11-18)40-28-21(27(32)39)3-2-10-34-28/h2-3,6-11,13-15,17H,4-5,12,16,31H2,1H3,(H2,32,39)(H,35,36,38). The van der Waals surface area contributed by atoms with Crippen molar-refractivity contribution >= 4 is 40.6 Å². The molecule has 204 valence electrons. The Bertz CT molecular complexity index is 1660. The van der Waals surface area contributed by atoms with E-state index < -0.39 is 11.7 Å². The van der Waals surface area contributed by atoms with Crippen LogP contribution in [0.5, 0.6) is 11.6 Å². The maximum atomic E-state index is 14.8. The number of nitrogens with two attached hydrogens (primary N) is 2. The van der Waals surface area contributed by atoms with E-state index in [9.17, 15) is 14.0 Å². The first-order chi connectivity index (χ1) is 19.4. The molecule has 1 saturated carbocycles. The summed E-state index contributed by atoms with van der Waals surface area (Å²) in [5.41, 5.74) is 14.9. The molecule has 0 spiro atoms. The fourth-order valence-electron chi connectivity index (χ4n) is 4.35. The third-order valence-corrected chi connectivity index (χ3v) is 6.52. The van der Waals surface area contributed by atoms with Gasteiger partial charge in [0, 0.05) is 37.8 Å². The van der Waals surface area contributed by atoms with Crippen molar-refractivity contribution in [2.24, 2.45) is 22.4 Å². The molecule has 4 aromatic rings. The minimum Gasteiger partial charge on any atom is -0.435 e. The van der Waals surface area contributed by atoms with Crippen molar-refractivity contribution in [1.29, 1.82) is 0 Å². The smallest absolute Gasteiger partial charge is 0.254 e. The van der Waals surface area contributed by atoms with Crippen LogP contribution in [0.15, 0.2) is 65.9 Å². The topological polar surface area (TPSA) is 151 Å². The fraction of sp³-hybridized carbons (Fsp3) is 0.207. The van der Waals surface area contributed by atoms with Gasteiger partial charge in [0.1, 0.15) is 5.56 Å². The van der Waals surface area contributed by atoms with Crippen LogP contribution in [0, 0.1) is 11.7 Å². The average molecular weight is 542 g/mol. The highest BCUT2D eigenvalue weighted by Gasteiger charge is 2.25. The number of halogens is 1. The lowest BCUT2D eigenvalue weighted by Gasteiger charge is -2.11. The summed E-state index contributed by atoms with van der Waals surface area (Å²) in [6, 6.07) is 12.9. The Morgan fingerprint density at radius 2 is 2.05 bits per heavy atom. The molecule has 2 heterocycles. The molecule has 1 fully saturated rings. The Balaban J connectivity index is 1.35. The molecule has 5 N–H and O–H groups in total. The lowest BCUT2D eigenvalue weighted by atomic mass is 10.1. The molecule has 0 saturated heterocycles. The van der Waals surface area contributed by atoms with Crippen LogP contribution in [-0.4, -0.2) is 39.6 Å². The summed E-state index contributed by atoms with van der Waals surface area (Å²) < 4.78 is 22.3. The number of allylic oxidation sites excluding steroid dienone is 1. The summed E-state index contributed by atoms with van der Waals surface area (Å²) in [4.78, 5) is 37.3. The molecule has 2 aromatic heterocycles. The van der Waals surface area contributed by atoms with E-state index >= 15 is 0 Å². The van der Waals surface area contributed by atoms with Gasteiger partial charge >= 0.3 is 0 Å². The number of benzene rings is 2. The van der Waals surface area contributed by atoms with Gasteiger partial charge in [0.2, 0.25) is 17.7 Å². The van der Waals surface area contributed by atoms with Gasteiger partial charge in [0.05, 0.1) is 17.5 Å². The third-order valence-electron chi connectivity index (χ3n) is 6.52. The number of pyridine rings is 1. The molecule has 0 radical (unpaired) electrons. The zero-order valence-corrected chi connectivity index (χ0v) is 21.8. The molecule has 2 amide bonds. The number of fused-ring (bicyclic) bond motifs is 1. The zero-order valence-electron chi connectivity index (χ0n) is 21.8. The average Bonchev–Trinajstić information content (AvgIpc) is 3.70. The number of anilines is 1. The van der Waals surface area contributed by atoms with E-state index in [-0.39, 0.29) is 29.5 Å². The van der Waals surface area contributed by atoms with Crippen LogP contribution >= 0.6 is 0 Å². The molecule has 40 heavy (non-hydrogen) atoms. The second-order valence-electron chi connectivity index (χ2n) is 9.51. The minimum absolute atomic E-state index is 0.0281. The van der Waals surface area contributed by atoms with Gasteiger partial charge in [-0.25, -0.2) is 14.4 Å². The van der Waals surface area contributed by atoms with Crippen molar-refractivity contribution in [2.45, 2.75) is 25.8 Å². The van der Waals surface area contributed by atoms with E-state index in [1.807, 2.05) is 22.8 Å². The van der Waals surface area contributed by atoms with Crippen LogP contribution in [0.2, 0.25) is 0 Å². The Morgan fingerprint density at radius 3 is 2.75 bits per heavy atom.